The molecule has 1 saturated heterocycles. The Bertz CT molecular complexity index is 797. The summed E-state index contributed by atoms with van der Waals surface area (Å²) >= 11 is 0. The van der Waals surface area contributed by atoms with Crippen molar-refractivity contribution in [3.63, 3.8) is 0 Å². The summed E-state index contributed by atoms with van der Waals surface area (Å²) < 4.78 is 42.5. The van der Waals surface area contributed by atoms with E-state index in [0.717, 1.165) is 26.1 Å². The summed E-state index contributed by atoms with van der Waals surface area (Å²) in [4.78, 5) is 6.45. The van der Waals surface area contributed by atoms with Crippen LogP contribution in [0.1, 0.15) is 24.0 Å². The van der Waals surface area contributed by atoms with E-state index in [4.69, 9.17) is 4.74 Å². The van der Waals surface area contributed by atoms with E-state index in [-0.39, 0.29) is 41.8 Å². The van der Waals surface area contributed by atoms with Crippen LogP contribution in [0.3, 0.4) is 0 Å². The predicted molar refractivity (Wildman–Crippen MR) is 125 cm³/mol. The molecule has 166 valence electrons. The lowest BCUT2D eigenvalue weighted by molar-refractivity contribution is -0.00501. The molecule has 2 N–H and O–H groups in total. The summed E-state index contributed by atoms with van der Waals surface area (Å²) in [5.41, 5.74) is 1.17. The number of rotatable bonds is 7. The molecule has 0 spiro atoms. The zero-order valence-corrected chi connectivity index (χ0v) is 20.6. The maximum absolute atomic E-state index is 13.7. The van der Waals surface area contributed by atoms with Gasteiger partial charge in [-0.2, -0.15) is 0 Å². The fraction of sp³-hybridized carbons (Fsp3) is 0.632. The Morgan fingerprint density at radius 3 is 2.45 bits per heavy atom. The van der Waals surface area contributed by atoms with Crippen molar-refractivity contribution in [3.8, 4) is 0 Å². The first-order valence-electron chi connectivity index (χ1n) is 9.30. The molecule has 0 saturated carbocycles. The quantitative estimate of drug-likeness (QED) is 0.311. The molecule has 0 bridgehead atoms. The van der Waals surface area contributed by atoms with Crippen LogP contribution in [0.4, 0.5) is 4.39 Å². The predicted octanol–water partition coefficient (Wildman–Crippen LogP) is 1.76. The van der Waals surface area contributed by atoms with E-state index in [0.29, 0.717) is 23.6 Å². The van der Waals surface area contributed by atoms with E-state index >= 15 is 0 Å². The highest BCUT2D eigenvalue weighted by Gasteiger charge is 2.34. The normalized spacial score (nSPS) is 17.0. The fourth-order valence-corrected chi connectivity index (χ4v) is 4.21. The first-order valence-corrected chi connectivity index (χ1v) is 11.4. The molecule has 0 radical (unpaired) electrons. The van der Waals surface area contributed by atoms with Crippen molar-refractivity contribution in [1.82, 2.24) is 15.5 Å². The van der Waals surface area contributed by atoms with Crippen molar-refractivity contribution in [2.45, 2.75) is 30.7 Å². The van der Waals surface area contributed by atoms with Gasteiger partial charge in [0.2, 0.25) is 0 Å². The molecule has 7 nitrogen and oxygen atoms in total. The number of nitrogens with zero attached hydrogens (tertiary/aromatic N) is 2. The standard InChI is InChI=1S/C19H31FN4O3S.HI/c1-21-18(23-14-19(24(2)3)7-9-27-10-8-19)22-12-16-11-17(20)6-5-15(16)13-28(4,25)26;/h5-6,11H,7-10,12-14H2,1-4H3,(H2,21,22,23);1H. The molecule has 0 aliphatic carbocycles. The van der Waals surface area contributed by atoms with Gasteiger partial charge in [-0.25, -0.2) is 12.8 Å². The number of benzene rings is 1. The maximum Gasteiger partial charge on any atom is 0.191 e. The van der Waals surface area contributed by atoms with Gasteiger partial charge in [-0.1, -0.05) is 6.07 Å². The Labute approximate surface area is 190 Å². The molecule has 1 aliphatic rings. The van der Waals surface area contributed by atoms with Gasteiger partial charge in [-0.3, -0.25) is 4.99 Å². The van der Waals surface area contributed by atoms with Crippen molar-refractivity contribution < 1.29 is 17.5 Å². The Kier molecular flexibility index (Phi) is 10.3. The van der Waals surface area contributed by atoms with Crippen molar-refractivity contribution in [1.29, 1.82) is 0 Å². The van der Waals surface area contributed by atoms with Gasteiger partial charge in [-0.05, 0) is 50.2 Å². The number of halogens is 2. The minimum Gasteiger partial charge on any atom is -0.381 e. The van der Waals surface area contributed by atoms with E-state index in [9.17, 15) is 12.8 Å². The molecular formula is C19H32FIN4O3S. The van der Waals surface area contributed by atoms with E-state index in [1.165, 1.54) is 24.5 Å². The summed E-state index contributed by atoms with van der Waals surface area (Å²) in [6, 6.07) is 4.16. The van der Waals surface area contributed by atoms with Crippen LogP contribution >= 0.6 is 24.0 Å². The van der Waals surface area contributed by atoms with Gasteiger partial charge < -0.3 is 20.3 Å². The molecule has 1 aromatic rings. The van der Waals surface area contributed by atoms with Gasteiger partial charge in [-0.15, -0.1) is 24.0 Å². The van der Waals surface area contributed by atoms with Crippen LogP contribution in [0.5, 0.6) is 0 Å². The maximum atomic E-state index is 13.7. The molecular weight excluding hydrogens is 510 g/mol. The highest BCUT2D eigenvalue weighted by atomic mass is 127. The SMILES string of the molecule is CN=C(NCc1cc(F)ccc1CS(C)(=O)=O)NCC1(N(C)C)CCOCC1.I. The van der Waals surface area contributed by atoms with Gasteiger partial charge >= 0.3 is 0 Å². The van der Waals surface area contributed by atoms with E-state index in [2.05, 4.69) is 34.6 Å². The molecule has 1 fully saturated rings. The fourth-order valence-electron chi connectivity index (χ4n) is 3.36. The second-order valence-electron chi connectivity index (χ2n) is 7.49. The number of aliphatic imine (C=N–C) groups is 1. The zero-order chi connectivity index (χ0) is 20.8. The number of sulfone groups is 1. The van der Waals surface area contributed by atoms with Crippen molar-refractivity contribution >= 4 is 39.8 Å². The summed E-state index contributed by atoms with van der Waals surface area (Å²) in [6.07, 6.45) is 3.02. The lowest BCUT2D eigenvalue weighted by atomic mass is 9.88. The van der Waals surface area contributed by atoms with Crippen LogP contribution in [-0.2, 0) is 26.9 Å². The average Bonchev–Trinajstić information content (AvgIpc) is 2.63. The van der Waals surface area contributed by atoms with Crippen LogP contribution in [0.15, 0.2) is 23.2 Å². The van der Waals surface area contributed by atoms with Crippen molar-refractivity contribution in [3.05, 3.63) is 35.1 Å². The van der Waals surface area contributed by atoms with Gasteiger partial charge in [0.1, 0.15) is 5.82 Å². The van der Waals surface area contributed by atoms with Crippen LogP contribution in [-0.4, -0.2) is 72.0 Å². The molecule has 1 aliphatic heterocycles. The molecule has 0 amide bonds. The van der Waals surface area contributed by atoms with E-state index in [1.807, 2.05) is 0 Å². The third-order valence-electron chi connectivity index (χ3n) is 5.21. The van der Waals surface area contributed by atoms with Crippen LogP contribution in [0, 0.1) is 5.82 Å². The second kappa shape index (κ2) is 11.4. The monoisotopic (exact) mass is 542 g/mol. The summed E-state index contributed by atoms with van der Waals surface area (Å²) in [5.74, 6) is 0.0631. The highest BCUT2D eigenvalue weighted by Crippen LogP contribution is 2.25. The topological polar surface area (TPSA) is 83.0 Å². The minimum absolute atomic E-state index is 0. The summed E-state index contributed by atoms with van der Waals surface area (Å²) in [5, 5.41) is 6.51. The molecule has 0 aromatic heterocycles. The molecule has 0 unspecified atom stereocenters. The highest BCUT2D eigenvalue weighted by molar-refractivity contribution is 14.0. The molecule has 0 atom stereocenters. The first-order chi connectivity index (χ1) is 13.1. The van der Waals surface area contributed by atoms with Crippen LogP contribution in [0.2, 0.25) is 0 Å². The lowest BCUT2D eigenvalue weighted by Gasteiger charge is -2.43. The number of likely N-dealkylation sites (N-methyl/N-ethyl adjacent to an activating group) is 1. The van der Waals surface area contributed by atoms with Gasteiger partial charge in [0.15, 0.2) is 15.8 Å². The van der Waals surface area contributed by atoms with Gasteiger partial charge in [0, 0.05) is 45.1 Å². The van der Waals surface area contributed by atoms with Crippen LogP contribution in [0.25, 0.3) is 0 Å². The first kappa shape index (κ1) is 26.1. The number of hydrogen-bond acceptors (Lipinski definition) is 5. The lowest BCUT2D eigenvalue weighted by Crippen LogP contribution is -2.57. The van der Waals surface area contributed by atoms with Gasteiger partial charge in [0.05, 0.1) is 5.75 Å². The number of guanidine groups is 1. The van der Waals surface area contributed by atoms with E-state index < -0.39 is 15.7 Å². The largest absolute Gasteiger partial charge is 0.381 e. The van der Waals surface area contributed by atoms with Crippen molar-refractivity contribution in [2.75, 3.05) is 47.2 Å². The Hall–Kier alpha value is -0.980. The smallest absolute Gasteiger partial charge is 0.191 e. The number of ether oxygens (including phenoxy) is 1. The number of nitrogens with one attached hydrogen (secondary N) is 2. The summed E-state index contributed by atoms with van der Waals surface area (Å²) in [6.45, 7) is 2.43. The Morgan fingerprint density at radius 1 is 1.24 bits per heavy atom. The number of hydrogen-bond donors (Lipinski definition) is 2. The Balaban J connectivity index is 0.00000420. The third kappa shape index (κ3) is 7.99. The molecule has 1 aromatic carbocycles. The molecule has 2 rings (SSSR count). The minimum atomic E-state index is -3.21. The van der Waals surface area contributed by atoms with Crippen LogP contribution < -0.4 is 10.6 Å². The average molecular weight is 542 g/mol. The van der Waals surface area contributed by atoms with Gasteiger partial charge in [0.25, 0.3) is 0 Å². The molecule has 1 heterocycles. The third-order valence-corrected chi connectivity index (χ3v) is 6.05. The Morgan fingerprint density at radius 2 is 1.90 bits per heavy atom. The molecule has 29 heavy (non-hydrogen) atoms. The summed E-state index contributed by atoms with van der Waals surface area (Å²) in [7, 11) is 2.58. The second-order valence-corrected chi connectivity index (χ2v) is 9.63. The van der Waals surface area contributed by atoms with E-state index in [1.54, 1.807) is 7.05 Å². The zero-order valence-electron chi connectivity index (χ0n) is 17.5. The van der Waals surface area contributed by atoms with Crippen molar-refractivity contribution in [2.24, 2.45) is 4.99 Å². The molecule has 10 heteroatoms.